The van der Waals surface area contributed by atoms with E-state index in [9.17, 15) is 0 Å². The molecule has 1 heterocycles. The van der Waals surface area contributed by atoms with Crippen LogP contribution in [0.25, 0.3) is 0 Å². The fourth-order valence-electron chi connectivity index (χ4n) is 2.93. The van der Waals surface area contributed by atoms with Crippen molar-refractivity contribution in [1.82, 2.24) is 15.3 Å². The van der Waals surface area contributed by atoms with Gasteiger partial charge in [-0.2, -0.15) is 0 Å². The molecule has 0 radical (unpaired) electrons. The number of rotatable bonds is 6. The highest BCUT2D eigenvalue weighted by Gasteiger charge is 2.17. The van der Waals surface area contributed by atoms with Crippen molar-refractivity contribution in [2.24, 2.45) is 5.92 Å². The Bertz CT molecular complexity index is 480. The minimum Gasteiger partial charge on any atom is -0.384 e. The predicted molar refractivity (Wildman–Crippen MR) is 86.7 cm³/mol. The van der Waals surface area contributed by atoms with Gasteiger partial charge in [0.25, 0.3) is 0 Å². The van der Waals surface area contributed by atoms with E-state index in [1.54, 1.807) is 6.07 Å². The first kappa shape index (κ1) is 15.9. The Morgan fingerprint density at radius 3 is 2.76 bits per heavy atom. The zero-order valence-corrected chi connectivity index (χ0v) is 13.2. The summed E-state index contributed by atoms with van der Waals surface area (Å²) in [7, 11) is 1.90. The first-order valence-electron chi connectivity index (χ1n) is 7.97. The van der Waals surface area contributed by atoms with E-state index in [-0.39, 0.29) is 6.04 Å². The van der Waals surface area contributed by atoms with E-state index in [0.29, 0.717) is 29.6 Å². The van der Waals surface area contributed by atoms with Crippen molar-refractivity contribution in [2.45, 2.75) is 57.9 Å². The Labute approximate surface area is 127 Å². The van der Waals surface area contributed by atoms with Gasteiger partial charge < -0.3 is 16.5 Å². The zero-order chi connectivity index (χ0) is 15.2. The molecule has 1 atom stereocenters. The highest BCUT2D eigenvalue weighted by molar-refractivity contribution is 5.97. The fourth-order valence-corrected chi connectivity index (χ4v) is 2.93. The lowest BCUT2D eigenvalue weighted by atomic mass is 9.87. The molecule has 5 heteroatoms. The largest absolute Gasteiger partial charge is 0.384 e. The van der Waals surface area contributed by atoms with Crippen LogP contribution in [0.15, 0.2) is 6.07 Å². The van der Waals surface area contributed by atoms with Gasteiger partial charge >= 0.3 is 0 Å². The van der Waals surface area contributed by atoms with Crippen molar-refractivity contribution < 1.29 is 0 Å². The molecule has 1 saturated carbocycles. The molecule has 1 aromatic heterocycles. The molecular weight excluding hydrogens is 262 g/mol. The average Bonchev–Trinajstić information content (AvgIpc) is 2.47. The summed E-state index contributed by atoms with van der Waals surface area (Å²) < 4.78 is 0. The van der Waals surface area contributed by atoms with Crippen molar-refractivity contribution in [3.8, 4) is 0 Å². The Balaban J connectivity index is 2.07. The second-order valence-electron chi connectivity index (χ2n) is 6.17. The number of nitrogens with two attached hydrogens (primary N) is 1. The normalized spacial score (nSPS) is 17.6. The van der Waals surface area contributed by atoms with E-state index in [2.05, 4.69) is 22.2 Å². The predicted octanol–water partition coefficient (Wildman–Crippen LogP) is 2.55. The first-order valence-corrected chi connectivity index (χ1v) is 7.97. The molecule has 4 N–H and O–H groups in total. The Hall–Kier alpha value is -1.49. The van der Waals surface area contributed by atoms with Crippen molar-refractivity contribution >= 4 is 11.5 Å². The minimum atomic E-state index is 0.260. The van der Waals surface area contributed by atoms with Crippen LogP contribution in [-0.4, -0.2) is 28.8 Å². The number of nitrogens with one attached hydrogen (secondary N) is 2. The van der Waals surface area contributed by atoms with Gasteiger partial charge in [0.2, 0.25) is 0 Å². The monoisotopic (exact) mass is 289 g/mol. The standard InChI is InChI=1S/C16H27N5/c1-11(19-2)8-13(17)14-10-15(18)21-16(20-14)9-12-6-4-3-5-7-12/h10-12,17,19H,3-9H2,1-2H3,(H2,18,20,21)/t11-/m1/s1. The number of anilines is 1. The van der Waals surface area contributed by atoms with E-state index in [0.717, 1.165) is 12.2 Å². The van der Waals surface area contributed by atoms with Crippen LogP contribution in [0.5, 0.6) is 0 Å². The second-order valence-corrected chi connectivity index (χ2v) is 6.17. The molecule has 0 saturated heterocycles. The van der Waals surface area contributed by atoms with Crippen LogP contribution in [-0.2, 0) is 6.42 Å². The van der Waals surface area contributed by atoms with Crippen LogP contribution in [0.3, 0.4) is 0 Å². The van der Waals surface area contributed by atoms with E-state index >= 15 is 0 Å². The van der Waals surface area contributed by atoms with E-state index in [1.807, 2.05) is 7.05 Å². The molecule has 2 rings (SSSR count). The molecule has 1 aliphatic carbocycles. The summed E-state index contributed by atoms with van der Waals surface area (Å²) in [6.45, 7) is 2.06. The summed E-state index contributed by atoms with van der Waals surface area (Å²) in [4.78, 5) is 8.94. The maximum absolute atomic E-state index is 8.19. The summed E-state index contributed by atoms with van der Waals surface area (Å²) in [5, 5.41) is 11.3. The topological polar surface area (TPSA) is 87.7 Å². The van der Waals surface area contributed by atoms with Crippen molar-refractivity contribution in [2.75, 3.05) is 12.8 Å². The van der Waals surface area contributed by atoms with E-state index in [4.69, 9.17) is 11.1 Å². The molecule has 0 bridgehead atoms. The minimum absolute atomic E-state index is 0.260. The Kier molecular flexibility index (Phi) is 5.67. The van der Waals surface area contributed by atoms with E-state index in [1.165, 1.54) is 32.1 Å². The molecule has 0 spiro atoms. The van der Waals surface area contributed by atoms with Gasteiger partial charge in [0, 0.05) is 24.9 Å². The summed E-state index contributed by atoms with van der Waals surface area (Å²) in [5.74, 6) is 1.96. The lowest BCUT2D eigenvalue weighted by Crippen LogP contribution is -2.25. The van der Waals surface area contributed by atoms with Crippen LogP contribution in [0.2, 0.25) is 0 Å². The van der Waals surface area contributed by atoms with Gasteiger partial charge in [-0.15, -0.1) is 0 Å². The molecule has 0 amide bonds. The molecule has 1 aromatic rings. The third-order valence-electron chi connectivity index (χ3n) is 4.30. The number of nitrogens with zero attached hydrogens (tertiary/aromatic N) is 2. The molecule has 1 fully saturated rings. The number of nitrogen functional groups attached to an aromatic ring is 1. The summed E-state index contributed by atoms with van der Waals surface area (Å²) in [6, 6.07) is 1.98. The average molecular weight is 289 g/mol. The molecule has 1 aliphatic rings. The van der Waals surface area contributed by atoms with Gasteiger partial charge in [0.15, 0.2) is 0 Å². The van der Waals surface area contributed by atoms with Crippen LogP contribution in [0, 0.1) is 11.3 Å². The highest BCUT2D eigenvalue weighted by atomic mass is 15.0. The third kappa shape index (κ3) is 4.77. The number of hydrogen-bond donors (Lipinski definition) is 3. The molecule has 0 aromatic carbocycles. The highest BCUT2D eigenvalue weighted by Crippen LogP contribution is 2.26. The Morgan fingerprint density at radius 1 is 1.38 bits per heavy atom. The quantitative estimate of drug-likeness (QED) is 0.702. The lowest BCUT2D eigenvalue weighted by Gasteiger charge is -2.21. The maximum atomic E-state index is 8.19. The van der Waals surface area contributed by atoms with Crippen LogP contribution < -0.4 is 11.1 Å². The SMILES string of the molecule is CN[C@H](C)CC(=N)c1cc(N)nc(CC2CCCCC2)n1. The van der Waals surface area contributed by atoms with E-state index < -0.39 is 0 Å². The fraction of sp³-hybridized carbons (Fsp3) is 0.688. The van der Waals surface area contributed by atoms with Gasteiger partial charge in [0.05, 0.1) is 11.4 Å². The van der Waals surface area contributed by atoms with Crippen molar-refractivity contribution in [3.63, 3.8) is 0 Å². The molecule has 21 heavy (non-hydrogen) atoms. The van der Waals surface area contributed by atoms with Crippen LogP contribution >= 0.6 is 0 Å². The van der Waals surface area contributed by atoms with Gasteiger partial charge in [-0.1, -0.05) is 32.1 Å². The molecule has 5 nitrogen and oxygen atoms in total. The molecule has 0 unspecified atom stereocenters. The maximum Gasteiger partial charge on any atom is 0.131 e. The Morgan fingerprint density at radius 2 is 2.10 bits per heavy atom. The first-order chi connectivity index (χ1) is 10.1. The van der Waals surface area contributed by atoms with Gasteiger partial charge in [-0.05, 0) is 19.9 Å². The van der Waals surface area contributed by atoms with Crippen LogP contribution in [0.4, 0.5) is 5.82 Å². The summed E-state index contributed by atoms with van der Waals surface area (Å²) >= 11 is 0. The van der Waals surface area contributed by atoms with Crippen molar-refractivity contribution in [3.05, 3.63) is 17.6 Å². The van der Waals surface area contributed by atoms with Crippen molar-refractivity contribution in [1.29, 1.82) is 5.41 Å². The van der Waals surface area contributed by atoms with Crippen LogP contribution in [0.1, 0.15) is 57.0 Å². The van der Waals surface area contributed by atoms with Gasteiger partial charge in [-0.3, -0.25) is 0 Å². The third-order valence-corrected chi connectivity index (χ3v) is 4.30. The number of hydrogen-bond acceptors (Lipinski definition) is 5. The van der Waals surface area contributed by atoms with Gasteiger partial charge in [-0.25, -0.2) is 9.97 Å². The summed E-state index contributed by atoms with van der Waals surface area (Å²) in [5.41, 5.74) is 7.10. The zero-order valence-electron chi connectivity index (χ0n) is 13.2. The molecular formula is C16H27N5. The van der Waals surface area contributed by atoms with Gasteiger partial charge in [0.1, 0.15) is 11.6 Å². The smallest absolute Gasteiger partial charge is 0.131 e. The molecule has 0 aliphatic heterocycles. The number of aromatic nitrogens is 2. The lowest BCUT2D eigenvalue weighted by molar-refractivity contribution is 0.351. The second kappa shape index (κ2) is 7.50. The molecule has 116 valence electrons. The summed E-state index contributed by atoms with van der Waals surface area (Å²) in [6.07, 6.45) is 8.06.